The second-order valence-corrected chi connectivity index (χ2v) is 20.2. The molecule has 0 aromatic rings. The van der Waals surface area contributed by atoms with Gasteiger partial charge in [0, 0.05) is 0 Å². The first-order valence-electron chi connectivity index (χ1n) is 21.1. The van der Waals surface area contributed by atoms with Crippen LogP contribution >= 0.6 is 0 Å². The van der Waals surface area contributed by atoms with Gasteiger partial charge in [-0.2, -0.15) is 0 Å². The third kappa shape index (κ3) is 7.49. The summed E-state index contributed by atoms with van der Waals surface area (Å²) in [7, 11) is 0. The summed E-state index contributed by atoms with van der Waals surface area (Å²) in [4.78, 5) is 0. The Bertz CT molecular complexity index is 1430. The van der Waals surface area contributed by atoms with Crippen LogP contribution in [0.4, 0.5) is 0 Å². The summed E-state index contributed by atoms with van der Waals surface area (Å²) in [5, 5.41) is 120. The van der Waals surface area contributed by atoms with Crippen molar-refractivity contribution in [1.82, 2.24) is 0 Å². The molecule has 2 saturated heterocycles. The van der Waals surface area contributed by atoms with E-state index in [1.165, 1.54) is 0 Å². The molecule has 57 heavy (non-hydrogen) atoms. The lowest BCUT2D eigenvalue weighted by Gasteiger charge is -2.72. The summed E-state index contributed by atoms with van der Waals surface area (Å²) in [5.74, 6) is -0.784. The Hall–Kier alpha value is -0.860. The molecule has 0 amide bonds. The number of aliphatic hydroxyl groups is 11. The normalized spacial score (nSPS) is 52.4. The Labute approximate surface area is 336 Å². The monoisotopic (exact) mass is 816 g/mol. The second kappa shape index (κ2) is 16.4. The number of allylic oxidation sites excluding steroid dienone is 1. The lowest BCUT2D eigenvalue weighted by atomic mass is 9.34. The van der Waals surface area contributed by atoms with Crippen molar-refractivity contribution in [1.29, 1.82) is 0 Å². The molecule has 0 aromatic carbocycles. The average molecular weight is 817 g/mol. The molecule has 15 heteroatoms. The van der Waals surface area contributed by atoms with Gasteiger partial charge in [-0.05, 0) is 111 Å². The Kier molecular flexibility index (Phi) is 13.2. The highest BCUT2D eigenvalue weighted by Gasteiger charge is 2.73. The summed E-state index contributed by atoms with van der Waals surface area (Å²) < 4.78 is 24.9. The fraction of sp³-hybridized carbons (Fsp3) is 0.952. The van der Waals surface area contributed by atoms with Gasteiger partial charge in [0.25, 0.3) is 0 Å². The molecule has 4 aliphatic carbocycles. The predicted octanol–water partition coefficient (Wildman–Crippen LogP) is 0.0922. The Morgan fingerprint density at radius 2 is 1.39 bits per heavy atom. The SMILES string of the molecule is CC(=CCC[C@](C)(O)[C@H]1CC[C@]2(C)[C@@H]1[C@H](O)C[C@@H]1[C@@]3(C)CC[C@H](O)C(C)(C)[C@@H]3[C@@H](O[C@@H]3O[C@H](CO)[C@@H](O)[C@H](O)[C@H]3O[C@@H]3O[C@H](CO)[C@@H](O)[C@H](O)[C@H]3O)C[C@]12C)CO. The fourth-order valence-electron chi connectivity index (χ4n) is 13.4. The molecule has 2 aliphatic heterocycles. The quantitative estimate of drug-likeness (QED) is 0.0976. The first-order chi connectivity index (χ1) is 26.5. The smallest absolute Gasteiger partial charge is 0.187 e. The zero-order valence-electron chi connectivity index (χ0n) is 34.7. The minimum absolute atomic E-state index is 0.0113. The topological polar surface area (TPSA) is 259 Å². The standard InChI is InChI=1S/C42H72O15/c1-20(17-43)9-8-12-42(7,53)21-10-14-40(5)28(21)22(46)15-26-39(4)13-11-27(47)38(2,3)35(39)23(16-41(26,40)6)54-37-34(32(51)30(49)25(19-45)56-37)57-36-33(52)31(50)29(48)24(18-44)55-36/h9,21-37,43-53H,8,10-19H2,1-7H3/t21-,22+,23-,24+,25+,26+,27-,28-,29+,30+,31-,32-,33+,34+,35-,36-,37+,39+,40+,41+,42-/m0/s1. The van der Waals surface area contributed by atoms with Crippen molar-refractivity contribution >= 4 is 0 Å². The number of hydrogen-bond acceptors (Lipinski definition) is 15. The fourth-order valence-corrected chi connectivity index (χ4v) is 13.4. The zero-order chi connectivity index (χ0) is 42.2. The molecule has 6 rings (SSSR count). The highest BCUT2D eigenvalue weighted by molar-refractivity contribution is 5.22. The van der Waals surface area contributed by atoms with Crippen LogP contribution in [-0.4, -0.2) is 161 Å². The molecule has 0 radical (unpaired) electrons. The molecule has 6 aliphatic rings. The average Bonchev–Trinajstić information content (AvgIpc) is 3.54. The molecule has 0 unspecified atom stereocenters. The highest BCUT2D eigenvalue weighted by Crippen LogP contribution is 2.76. The number of rotatable bonds is 11. The summed E-state index contributed by atoms with van der Waals surface area (Å²) in [6, 6.07) is 0. The van der Waals surface area contributed by atoms with Crippen LogP contribution in [0.5, 0.6) is 0 Å². The molecule has 0 spiro atoms. The largest absolute Gasteiger partial charge is 0.394 e. The van der Waals surface area contributed by atoms with Gasteiger partial charge >= 0.3 is 0 Å². The summed E-state index contributed by atoms with van der Waals surface area (Å²) in [5.41, 5.74) is -2.41. The number of ether oxygens (including phenoxy) is 4. The van der Waals surface area contributed by atoms with Gasteiger partial charge in [0.2, 0.25) is 0 Å². The van der Waals surface area contributed by atoms with E-state index in [9.17, 15) is 56.2 Å². The van der Waals surface area contributed by atoms with E-state index in [1.54, 1.807) is 0 Å². The molecule has 4 saturated carbocycles. The van der Waals surface area contributed by atoms with Crippen molar-refractivity contribution in [3.63, 3.8) is 0 Å². The minimum atomic E-state index is -1.82. The molecule has 0 bridgehead atoms. The number of aliphatic hydroxyl groups excluding tert-OH is 10. The van der Waals surface area contributed by atoms with Crippen molar-refractivity contribution in [2.45, 2.75) is 185 Å². The van der Waals surface area contributed by atoms with E-state index in [4.69, 9.17) is 18.9 Å². The van der Waals surface area contributed by atoms with Gasteiger partial charge in [-0.1, -0.05) is 46.3 Å². The summed E-state index contributed by atoms with van der Waals surface area (Å²) >= 11 is 0. The van der Waals surface area contributed by atoms with Gasteiger partial charge in [0.15, 0.2) is 12.6 Å². The van der Waals surface area contributed by atoms with Crippen molar-refractivity contribution < 1.29 is 75.1 Å². The van der Waals surface area contributed by atoms with Gasteiger partial charge in [0.1, 0.15) is 48.8 Å². The molecule has 11 N–H and O–H groups in total. The maximum absolute atomic E-state index is 12.3. The lowest BCUT2D eigenvalue weighted by Crippen LogP contribution is -2.71. The molecule has 330 valence electrons. The van der Waals surface area contributed by atoms with Crippen molar-refractivity contribution in [2.75, 3.05) is 19.8 Å². The van der Waals surface area contributed by atoms with Crippen LogP contribution in [0.15, 0.2) is 11.6 Å². The van der Waals surface area contributed by atoms with Crippen LogP contribution in [0.25, 0.3) is 0 Å². The van der Waals surface area contributed by atoms with Crippen LogP contribution in [-0.2, 0) is 18.9 Å². The van der Waals surface area contributed by atoms with E-state index in [2.05, 4.69) is 20.8 Å². The van der Waals surface area contributed by atoms with Crippen molar-refractivity contribution in [3.05, 3.63) is 11.6 Å². The molecule has 6 fully saturated rings. The van der Waals surface area contributed by atoms with E-state index >= 15 is 0 Å². The van der Waals surface area contributed by atoms with Gasteiger partial charge in [-0.15, -0.1) is 0 Å². The minimum Gasteiger partial charge on any atom is -0.394 e. The Morgan fingerprint density at radius 1 is 0.772 bits per heavy atom. The van der Waals surface area contributed by atoms with E-state index in [1.807, 2.05) is 33.8 Å². The van der Waals surface area contributed by atoms with Crippen LogP contribution in [0.3, 0.4) is 0 Å². The molecule has 2 heterocycles. The van der Waals surface area contributed by atoms with Crippen molar-refractivity contribution in [3.8, 4) is 0 Å². The van der Waals surface area contributed by atoms with Gasteiger partial charge in [-0.25, -0.2) is 0 Å². The van der Waals surface area contributed by atoms with E-state index in [-0.39, 0.29) is 30.3 Å². The Morgan fingerprint density at radius 3 is 2.00 bits per heavy atom. The highest BCUT2D eigenvalue weighted by atomic mass is 16.8. The van der Waals surface area contributed by atoms with Crippen LogP contribution < -0.4 is 0 Å². The third-order valence-electron chi connectivity index (χ3n) is 16.7. The van der Waals surface area contributed by atoms with E-state index in [0.717, 1.165) is 12.0 Å². The lowest BCUT2D eigenvalue weighted by molar-refractivity contribution is -0.383. The van der Waals surface area contributed by atoms with Crippen LogP contribution in [0, 0.1) is 45.3 Å². The molecule has 0 aromatic heterocycles. The van der Waals surface area contributed by atoms with Crippen LogP contribution in [0.2, 0.25) is 0 Å². The third-order valence-corrected chi connectivity index (χ3v) is 16.7. The first-order valence-corrected chi connectivity index (χ1v) is 21.1. The maximum atomic E-state index is 12.3. The summed E-state index contributed by atoms with van der Waals surface area (Å²) in [6.45, 7) is 13.0. The van der Waals surface area contributed by atoms with Gasteiger partial charge in [-0.3, -0.25) is 0 Å². The zero-order valence-corrected chi connectivity index (χ0v) is 34.7. The second-order valence-electron chi connectivity index (χ2n) is 20.2. The molecule has 21 atom stereocenters. The Balaban J connectivity index is 1.38. The first kappa shape index (κ1) is 45.7. The van der Waals surface area contributed by atoms with E-state index in [0.29, 0.717) is 44.9 Å². The van der Waals surface area contributed by atoms with Gasteiger partial charge < -0.3 is 75.1 Å². The number of fused-ring (bicyclic) bond motifs is 5. The van der Waals surface area contributed by atoms with Gasteiger partial charge in [0.05, 0.1) is 43.7 Å². The predicted molar refractivity (Wildman–Crippen MR) is 204 cm³/mol. The van der Waals surface area contributed by atoms with Crippen molar-refractivity contribution in [2.24, 2.45) is 45.3 Å². The summed E-state index contributed by atoms with van der Waals surface area (Å²) in [6.07, 6.45) is -11.4. The molecular formula is C42H72O15. The van der Waals surface area contributed by atoms with E-state index < -0.39 is 120 Å². The molecule has 15 nitrogen and oxygen atoms in total. The van der Waals surface area contributed by atoms with Crippen LogP contribution in [0.1, 0.15) is 99.8 Å². The number of hydrogen-bond donors (Lipinski definition) is 11. The maximum Gasteiger partial charge on any atom is 0.187 e. The molecular weight excluding hydrogens is 744 g/mol.